The predicted octanol–water partition coefficient (Wildman–Crippen LogP) is 0.398. The number of nitrogens with zero attached hydrogens (tertiary/aromatic N) is 3. The molecular weight excluding hydrogens is 402 g/mol. The molecule has 1 amide bonds. The molecule has 2 aromatic heterocycles. The van der Waals surface area contributed by atoms with Crippen LogP contribution in [-0.4, -0.2) is 38.9 Å². The van der Waals surface area contributed by atoms with Crippen LogP contribution in [-0.2, 0) is 6.54 Å². The van der Waals surface area contributed by atoms with E-state index in [1.54, 1.807) is 30.3 Å². The third kappa shape index (κ3) is 4.32. The molecule has 1 saturated carbocycles. The van der Waals surface area contributed by atoms with Crippen molar-refractivity contribution in [3.63, 3.8) is 0 Å². The first-order valence-electron chi connectivity index (χ1n) is 9.83. The average Bonchev–Trinajstić information content (AvgIpc) is 3.61. The minimum absolute atomic E-state index is 0.0982. The van der Waals surface area contributed by atoms with Crippen molar-refractivity contribution < 1.29 is 9.53 Å². The van der Waals surface area contributed by atoms with E-state index in [1.807, 2.05) is 0 Å². The van der Waals surface area contributed by atoms with Crippen molar-refractivity contribution in [2.75, 3.05) is 13.7 Å². The lowest BCUT2D eigenvalue weighted by molar-refractivity contribution is 0.0949. The Hall–Kier alpha value is -3.95. The smallest absolute Gasteiger partial charge is 0.333 e. The molecule has 160 valence electrons. The van der Waals surface area contributed by atoms with Crippen molar-refractivity contribution >= 4 is 5.91 Å². The maximum Gasteiger partial charge on any atom is 0.333 e. The molecule has 0 spiro atoms. The van der Waals surface area contributed by atoms with E-state index in [2.05, 4.69) is 15.4 Å². The lowest BCUT2D eigenvalue weighted by atomic mass is 10.2. The second-order valence-corrected chi connectivity index (χ2v) is 7.20. The van der Waals surface area contributed by atoms with Gasteiger partial charge in [-0.05, 0) is 43.2 Å². The Morgan fingerprint density at radius 2 is 1.90 bits per heavy atom. The fraction of sp³-hybridized carbons (Fsp3) is 0.286. The molecule has 10 heteroatoms. The first-order valence-corrected chi connectivity index (χ1v) is 9.83. The number of benzene rings is 1. The molecule has 3 aromatic rings. The first kappa shape index (κ1) is 20.3. The second kappa shape index (κ2) is 8.42. The van der Waals surface area contributed by atoms with Crippen LogP contribution in [0.25, 0.3) is 5.69 Å². The summed E-state index contributed by atoms with van der Waals surface area (Å²) in [6.45, 7) is 0.266. The SMILES string of the molecule is COc1ccc(-n2c(=O)[nH]cc(C(=O)NCCn3nc(C4CC4)ccc3=O)c2=O)cc1. The fourth-order valence-corrected chi connectivity index (χ4v) is 3.19. The van der Waals surface area contributed by atoms with Gasteiger partial charge in [-0.2, -0.15) is 5.10 Å². The minimum atomic E-state index is -0.752. The van der Waals surface area contributed by atoms with Gasteiger partial charge in [-0.25, -0.2) is 14.0 Å². The third-order valence-electron chi connectivity index (χ3n) is 5.04. The summed E-state index contributed by atoms with van der Waals surface area (Å²) in [6, 6.07) is 9.50. The molecule has 1 aromatic carbocycles. The Morgan fingerprint density at radius 1 is 1.16 bits per heavy atom. The van der Waals surface area contributed by atoms with Crippen molar-refractivity contribution in [2.45, 2.75) is 25.3 Å². The van der Waals surface area contributed by atoms with Gasteiger partial charge in [0.05, 0.1) is 25.0 Å². The zero-order valence-corrected chi connectivity index (χ0v) is 16.8. The van der Waals surface area contributed by atoms with E-state index in [0.29, 0.717) is 17.4 Å². The number of carbonyl (C=O) groups excluding carboxylic acids is 1. The fourth-order valence-electron chi connectivity index (χ4n) is 3.19. The zero-order chi connectivity index (χ0) is 22.0. The van der Waals surface area contributed by atoms with Gasteiger partial charge in [0.15, 0.2) is 0 Å². The molecule has 0 aliphatic heterocycles. The third-order valence-corrected chi connectivity index (χ3v) is 5.04. The van der Waals surface area contributed by atoms with E-state index in [9.17, 15) is 19.2 Å². The van der Waals surface area contributed by atoms with Gasteiger partial charge in [0, 0.05) is 24.7 Å². The van der Waals surface area contributed by atoms with Gasteiger partial charge in [0.2, 0.25) is 0 Å². The minimum Gasteiger partial charge on any atom is -0.497 e. The predicted molar refractivity (Wildman–Crippen MR) is 112 cm³/mol. The summed E-state index contributed by atoms with van der Waals surface area (Å²) in [5.74, 6) is 0.311. The molecule has 1 aliphatic carbocycles. The van der Waals surface area contributed by atoms with Gasteiger partial charge in [0.25, 0.3) is 17.0 Å². The number of amides is 1. The molecule has 4 rings (SSSR count). The molecule has 10 nitrogen and oxygen atoms in total. The average molecular weight is 423 g/mol. The molecule has 0 radical (unpaired) electrons. The van der Waals surface area contributed by atoms with Crippen LogP contribution in [0.4, 0.5) is 0 Å². The summed E-state index contributed by atoms with van der Waals surface area (Å²) >= 11 is 0. The van der Waals surface area contributed by atoms with Crippen LogP contribution >= 0.6 is 0 Å². The van der Waals surface area contributed by atoms with Crippen molar-refractivity contribution in [1.82, 2.24) is 24.6 Å². The number of hydrogen-bond acceptors (Lipinski definition) is 6. The molecule has 1 aliphatic rings. The number of aromatic nitrogens is 4. The molecule has 2 N–H and O–H groups in total. The van der Waals surface area contributed by atoms with Crippen LogP contribution in [0, 0.1) is 0 Å². The number of rotatable bonds is 7. The Balaban J connectivity index is 1.50. The largest absolute Gasteiger partial charge is 0.497 e. The van der Waals surface area contributed by atoms with Crippen molar-refractivity contribution in [3.8, 4) is 11.4 Å². The molecule has 0 unspecified atom stereocenters. The Kier molecular flexibility index (Phi) is 5.52. The van der Waals surface area contributed by atoms with Crippen LogP contribution in [0.5, 0.6) is 5.75 Å². The molecule has 1 fully saturated rings. The maximum absolute atomic E-state index is 12.8. The van der Waals surface area contributed by atoms with Crippen molar-refractivity contribution in [3.05, 3.63) is 85.0 Å². The van der Waals surface area contributed by atoms with Crippen LogP contribution in [0.2, 0.25) is 0 Å². The molecule has 0 atom stereocenters. The van der Waals surface area contributed by atoms with E-state index in [1.165, 1.54) is 17.9 Å². The number of nitrogens with one attached hydrogen (secondary N) is 2. The summed E-state index contributed by atoms with van der Waals surface area (Å²) in [5.41, 5.74) is -0.730. The van der Waals surface area contributed by atoms with Gasteiger partial charge in [-0.1, -0.05) is 0 Å². The van der Waals surface area contributed by atoms with Gasteiger partial charge >= 0.3 is 5.69 Å². The van der Waals surface area contributed by atoms with E-state index < -0.39 is 17.2 Å². The van der Waals surface area contributed by atoms with Crippen LogP contribution < -0.4 is 26.9 Å². The van der Waals surface area contributed by atoms with E-state index in [4.69, 9.17) is 4.74 Å². The van der Waals surface area contributed by atoms with Gasteiger partial charge < -0.3 is 15.0 Å². The number of H-pyrrole nitrogens is 1. The molecule has 31 heavy (non-hydrogen) atoms. The van der Waals surface area contributed by atoms with Crippen molar-refractivity contribution in [2.24, 2.45) is 0 Å². The highest BCUT2D eigenvalue weighted by Gasteiger charge is 2.25. The summed E-state index contributed by atoms with van der Waals surface area (Å²) in [5, 5.41) is 6.93. The van der Waals surface area contributed by atoms with E-state index in [0.717, 1.165) is 29.3 Å². The topological polar surface area (TPSA) is 128 Å². The molecule has 0 saturated heterocycles. The van der Waals surface area contributed by atoms with Gasteiger partial charge in [0.1, 0.15) is 11.3 Å². The first-order chi connectivity index (χ1) is 15.0. The monoisotopic (exact) mass is 423 g/mol. The Labute approximate surface area is 176 Å². The summed E-state index contributed by atoms with van der Waals surface area (Å²) in [4.78, 5) is 51.9. The highest BCUT2D eigenvalue weighted by atomic mass is 16.5. The highest BCUT2D eigenvalue weighted by Crippen LogP contribution is 2.38. The zero-order valence-electron chi connectivity index (χ0n) is 16.8. The molecule has 0 bridgehead atoms. The highest BCUT2D eigenvalue weighted by molar-refractivity contribution is 5.93. The lowest BCUT2D eigenvalue weighted by Crippen LogP contribution is -2.40. The Bertz CT molecular complexity index is 1280. The van der Waals surface area contributed by atoms with Gasteiger partial charge in [-0.3, -0.25) is 14.4 Å². The normalized spacial score (nSPS) is 13.1. The maximum atomic E-state index is 12.8. The number of ether oxygens (including phenoxy) is 1. The molecular formula is C21H21N5O5. The van der Waals surface area contributed by atoms with E-state index in [-0.39, 0.29) is 24.2 Å². The van der Waals surface area contributed by atoms with Crippen LogP contribution in [0.1, 0.15) is 34.8 Å². The summed E-state index contributed by atoms with van der Waals surface area (Å²) in [7, 11) is 1.50. The summed E-state index contributed by atoms with van der Waals surface area (Å²) < 4.78 is 7.25. The van der Waals surface area contributed by atoms with Crippen molar-refractivity contribution in [1.29, 1.82) is 0 Å². The number of aromatic amines is 1. The Morgan fingerprint density at radius 3 is 2.58 bits per heavy atom. The second-order valence-electron chi connectivity index (χ2n) is 7.20. The van der Waals surface area contributed by atoms with Gasteiger partial charge in [-0.15, -0.1) is 0 Å². The number of carbonyl (C=O) groups is 1. The lowest BCUT2D eigenvalue weighted by Gasteiger charge is -2.10. The quantitative estimate of drug-likeness (QED) is 0.566. The standard InChI is InChI=1S/C21H21N5O5/c1-31-15-6-4-14(5-7-15)26-20(29)16(12-23-21(26)30)19(28)22-10-11-25-18(27)9-8-17(24-25)13-2-3-13/h4-9,12-13H,2-3,10-11H2,1H3,(H,22,28)(H,23,30). The number of methoxy groups -OCH3 is 1. The molecule has 2 heterocycles. The summed E-state index contributed by atoms with van der Waals surface area (Å²) in [6.07, 6.45) is 3.21. The van der Waals surface area contributed by atoms with Crippen LogP contribution in [0.15, 0.2) is 57.0 Å². The van der Waals surface area contributed by atoms with Crippen LogP contribution in [0.3, 0.4) is 0 Å². The number of hydrogen-bond donors (Lipinski definition) is 2. The van der Waals surface area contributed by atoms with E-state index >= 15 is 0 Å².